The van der Waals surface area contributed by atoms with Gasteiger partial charge in [0.05, 0.1) is 13.7 Å². The Labute approximate surface area is 137 Å². The lowest BCUT2D eigenvalue weighted by Crippen LogP contribution is -2.30. The molecule has 0 atom stereocenters. The number of nitrogens with one attached hydrogen (secondary N) is 1. The highest BCUT2D eigenvalue weighted by Crippen LogP contribution is 2.29. The Bertz CT molecular complexity index is 601. The highest BCUT2D eigenvalue weighted by molar-refractivity contribution is 6.01. The van der Waals surface area contributed by atoms with Crippen molar-refractivity contribution in [1.82, 2.24) is 5.32 Å². The number of methoxy groups -OCH3 is 1. The lowest BCUT2D eigenvalue weighted by Gasteiger charge is -2.11. The quantitative estimate of drug-likeness (QED) is 0.454. The number of hydrogen-bond donors (Lipinski definition) is 1. The molecule has 1 aromatic rings. The second-order valence-electron chi connectivity index (χ2n) is 5.41. The second kappa shape index (κ2) is 9.52. The zero-order valence-electron chi connectivity index (χ0n) is 14.2. The van der Waals surface area contributed by atoms with Gasteiger partial charge in [-0.2, -0.15) is 5.26 Å². The van der Waals surface area contributed by atoms with Gasteiger partial charge in [0.25, 0.3) is 5.91 Å². The fourth-order valence-electron chi connectivity index (χ4n) is 1.87. The number of nitriles is 1. The van der Waals surface area contributed by atoms with Gasteiger partial charge in [-0.25, -0.2) is 0 Å². The SMILES string of the molecule is CCCCOc1ccc(/C=C(\C#N)C(=O)NC(C)C)cc1OC. The van der Waals surface area contributed by atoms with E-state index in [0.29, 0.717) is 23.7 Å². The molecule has 1 N–H and O–H groups in total. The number of carbonyl (C=O) groups excluding carboxylic acids is 1. The Morgan fingerprint density at radius 1 is 1.39 bits per heavy atom. The third-order valence-electron chi connectivity index (χ3n) is 3.04. The maximum Gasteiger partial charge on any atom is 0.262 e. The van der Waals surface area contributed by atoms with Crippen LogP contribution >= 0.6 is 0 Å². The first-order valence-corrected chi connectivity index (χ1v) is 7.75. The van der Waals surface area contributed by atoms with Crippen molar-refractivity contribution in [2.45, 2.75) is 39.7 Å². The first-order valence-electron chi connectivity index (χ1n) is 7.75. The highest BCUT2D eigenvalue weighted by Gasteiger charge is 2.11. The summed E-state index contributed by atoms with van der Waals surface area (Å²) in [6.45, 7) is 6.42. The monoisotopic (exact) mass is 316 g/mol. The molecule has 0 spiro atoms. The van der Waals surface area contributed by atoms with E-state index in [0.717, 1.165) is 12.8 Å². The van der Waals surface area contributed by atoms with E-state index in [9.17, 15) is 4.79 Å². The molecule has 0 saturated carbocycles. The Morgan fingerprint density at radius 2 is 2.13 bits per heavy atom. The van der Waals surface area contributed by atoms with Crippen LogP contribution in [-0.4, -0.2) is 25.7 Å². The Hall–Kier alpha value is -2.48. The molecule has 1 amide bonds. The number of carbonyl (C=O) groups is 1. The number of ether oxygens (including phenoxy) is 2. The average Bonchev–Trinajstić information content (AvgIpc) is 2.52. The van der Waals surface area contributed by atoms with Gasteiger partial charge in [0.1, 0.15) is 11.6 Å². The lowest BCUT2D eigenvalue weighted by atomic mass is 10.1. The van der Waals surface area contributed by atoms with Gasteiger partial charge >= 0.3 is 0 Å². The van der Waals surface area contributed by atoms with Crippen LogP contribution in [-0.2, 0) is 4.79 Å². The van der Waals surface area contributed by atoms with E-state index in [-0.39, 0.29) is 17.5 Å². The number of rotatable bonds is 8. The van der Waals surface area contributed by atoms with Gasteiger partial charge in [-0.1, -0.05) is 19.4 Å². The Kier molecular flexibility index (Phi) is 7.69. The molecule has 0 aliphatic rings. The van der Waals surface area contributed by atoms with Crippen LogP contribution in [0.2, 0.25) is 0 Å². The van der Waals surface area contributed by atoms with Crippen molar-refractivity contribution in [2.75, 3.05) is 13.7 Å². The molecule has 0 radical (unpaired) electrons. The number of nitrogens with zero attached hydrogens (tertiary/aromatic N) is 1. The maximum absolute atomic E-state index is 11.9. The summed E-state index contributed by atoms with van der Waals surface area (Å²) < 4.78 is 11.0. The lowest BCUT2D eigenvalue weighted by molar-refractivity contribution is -0.117. The fraction of sp³-hybridized carbons (Fsp3) is 0.444. The largest absolute Gasteiger partial charge is 0.493 e. The molecular weight excluding hydrogens is 292 g/mol. The van der Waals surface area contributed by atoms with E-state index in [4.69, 9.17) is 14.7 Å². The molecule has 23 heavy (non-hydrogen) atoms. The molecule has 1 aromatic carbocycles. The van der Waals surface area contributed by atoms with E-state index in [1.165, 1.54) is 6.08 Å². The normalized spacial score (nSPS) is 11.0. The zero-order valence-corrected chi connectivity index (χ0v) is 14.2. The van der Waals surface area contributed by atoms with Gasteiger partial charge in [0.2, 0.25) is 0 Å². The summed E-state index contributed by atoms with van der Waals surface area (Å²) in [4.78, 5) is 11.9. The molecule has 0 unspecified atom stereocenters. The van der Waals surface area contributed by atoms with Crippen LogP contribution < -0.4 is 14.8 Å². The van der Waals surface area contributed by atoms with Gasteiger partial charge < -0.3 is 14.8 Å². The maximum atomic E-state index is 11.9. The number of benzene rings is 1. The average molecular weight is 316 g/mol. The van der Waals surface area contributed by atoms with Gasteiger partial charge in [-0.3, -0.25) is 4.79 Å². The van der Waals surface area contributed by atoms with Gasteiger partial charge in [-0.15, -0.1) is 0 Å². The zero-order chi connectivity index (χ0) is 17.2. The van der Waals surface area contributed by atoms with Gasteiger partial charge in [0, 0.05) is 6.04 Å². The first kappa shape index (κ1) is 18.6. The summed E-state index contributed by atoms with van der Waals surface area (Å²) >= 11 is 0. The van der Waals surface area contributed by atoms with Crippen LogP contribution in [0.3, 0.4) is 0 Å². The molecule has 5 nitrogen and oxygen atoms in total. The van der Waals surface area contributed by atoms with Crippen LogP contribution in [0.5, 0.6) is 11.5 Å². The smallest absolute Gasteiger partial charge is 0.262 e. The van der Waals surface area contributed by atoms with Gasteiger partial charge in [0.15, 0.2) is 11.5 Å². The van der Waals surface area contributed by atoms with Crippen molar-refractivity contribution in [2.24, 2.45) is 0 Å². The number of hydrogen-bond acceptors (Lipinski definition) is 4. The third kappa shape index (κ3) is 6.03. The molecule has 124 valence electrons. The summed E-state index contributed by atoms with van der Waals surface area (Å²) in [5.74, 6) is 0.851. The molecule has 0 aliphatic heterocycles. The Balaban J connectivity index is 2.97. The van der Waals surface area contributed by atoms with E-state index in [2.05, 4.69) is 12.2 Å². The van der Waals surface area contributed by atoms with Crippen LogP contribution in [0.25, 0.3) is 6.08 Å². The molecule has 0 saturated heterocycles. The molecule has 0 bridgehead atoms. The molecule has 1 rings (SSSR count). The molecular formula is C18H24N2O3. The van der Waals surface area contributed by atoms with Crippen molar-refractivity contribution in [3.63, 3.8) is 0 Å². The summed E-state index contributed by atoms with van der Waals surface area (Å²) in [5.41, 5.74) is 0.764. The van der Waals surface area contributed by atoms with Gasteiger partial charge in [-0.05, 0) is 44.0 Å². The van der Waals surface area contributed by atoms with Crippen molar-refractivity contribution in [3.05, 3.63) is 29.3 Å². The molecule has 0 heterocycles. The van der Waals surface area contributed by atoms with Crippen molar-refractivity contribution < 1.29 is 14.3 Å². The Morgan fingerprint density at radius 3 is 2.70 bits per heavy atom. The summed E-state index contributed by atoms with van der Waals surface area (Å²) in [7, 11) is 1.56. The minimum absolute atomic E-state index is 0.0249. The predicted octanol–water partition coefficient (Wildman–Crippen LogP) is 3.31. The van der Waals surface area contributed by atoms with Crippen LogP contribution in [0, 0.1) is 11.3 Å². The standard InChI is InChI=1S/C18H24N2O3/c1-5-6-9-23-16-8-7-14(11-17(16)22-4)10-15(12-19)18(21)20-13(2)3/h7-8,10-11,13H,5-6,9H2,1-4H3,(H,20,21)/b15-10+. The van der Waals surface area contributed by atoms with Crippen molar-refractivity contribution >= 4 is 12.0 Å². The summed E-state index contributed by atoms with van der Waals surface area (Å²) in [6.07, 6.45) is 3.56. The number of unbranched alkanes of at least 4 members (excludes halogenated alkanes) is 1. The van der Waals surface area contributed by atoms with E-state index >= 15 is 0 Å². The molecule has 5 heteroatoms. The first-order chi connectivity index (χ1) is 11.0. The minimum atomic E-state index is -0.385. The minimum Gasteiger partial charge on any atom is -0.493 e. The summed E-state index contributed by atoms with van der Waals surface area (Å²) in [6, 6.07) is 7.24. The van der Waals surface area contributed by atoms with E-state index < -0.39 is 0 Å². The van der Waals surface area contributed by atoms with E-state index in [1.54, 1.807) is 25.3 Å². The van der Waals surface area contributed by atoms with Crippen LogP contribution in [0.4, 0.5) is 0 Å². The third-order valence-corrected chi connectivity index (χ3v) is 3.04. The highest BCUT2D eigenvalue weighted by atomic mass is 16.5. The topological polar surface area (TPSA) is 71.3 Å². The van der Waals surface area contributed by atoms with Crippen LogP contribution in [0.15, 0.2) is 23.8 Å². The summed E-state index contributed by atoms with van der Waals surface area (Å²) in [5, 5.41) is 11.9. The van der Waals surface area contributed by atoms with Crippen molar-refractivity contribution in [1.29, 1.82) is 5.26 Å². The molecule has 0 aromatic heterocycles. The number of amides is 1. The fourth-order valence-corrected chi connectivity index (χ4v) is 1.87. The van der Waals surface area contributed by atoms with E-state index in [1.807, 2.05) is 19.9 Å². The second-order valence-corrected chi connectivity index (χ2v) is 5.41. The molecule has 0 fully saturated rings. The van der Waals surface area contributed by atoms with Crippen LogP contribution in [0.1, 0.15) is 39.2 Å². The molecule has 0 aliphatic carbocycles. The van der Waals surface area contributed by atoms with Crippen molar-refractivity contribution in [3.8, 4) is 17.6 Å². The predicted molar refractivity (Wildman–Crippen MR) is 90.3 cm³/mol.